The maximum Gasteiger partial charge on any atom is 0.224 e. The van der Waals surface area contributed by atoms with E-state index >= 15 is 0 Å². The predicted octanol–water partition coefficient (Wildman–Crippen LogP) is 3.07. The molecule has 0 unspecified atom stereocenters. The number of nitrogens with one attached hydrogen (secondary N) is 1. The lowest BCUT2D eigenvalue weighted by Gasteiger charge is -2.38. The summed E-state index contributed by atoms with van der Waals surface area (Å²) in [4.78, 5) is 14.2. The van der Waals surface area contributed by atoms with Gasteiger partial charge in [0.1, 0.15) is 0 Å². The van der Waals surface area contributed by atoms with E-state index in [1.54, 1.807) is 0 Å². The van der Waals surface area contributed by atoms with Gasteiger partial charge in [0.25, 0.3) is 0 Å². The quantitative estimate of drug-likeness (QED) is 0.766. The highest BCUT2D eigenvalue weighted by atomic mass is 16.5. The third-order valence-corrected chi connectivity index (χ3v) is 4.43. The van der Waals surface area contributed by atoms with Gasteiger partial charge in [-0.1, -0.05) is 20.8 Å². The van der Waals surface area contributed by atoms with Gasteiger partial charge in [-0.2, -0.15) is 0 Å². The average molecular weight is 312 g/mol. The molecule has 0 aromatic rings. The number of rotatable bonds is 6. The SMILES string of the molecule is CC(C)(C)NCCOCCC(=O)N1CCC(C(C)(C)C)CC1. The van der Waals surface area contributed by atoms with Crippen molar-refractivity contribution in [2.75, 3.05) is 32.8 Å². The number of hydrogen-bond acceptors (Lipinski definition) is 3. The van der Waals surface area contributed by atoms with Gasteiger partial charge in [0.2, 0.25) is 5.91 Å². The Kier molecular flexibility index (Phi) is 7.33. The molecule has 1 fully saturated rings. The van der Waals surface area contributed by atoms with Crippen LogP contribution >= 0.6 is 0 Å². The van der Waals surface area contributed by atoms with Crippen LogP contribution in [-0.2, 0) is 9.53 Å². The molecule has 1 heterocycles. The zero-order chi connectivity index (χ0) is 16.8. The fourth-order valence-electron chi connectivity index (χ4n) is 2.91. The number of nitrogens with zero attached hydrogens (tertiary/aromatic N) is 1. The number of hydrogen-bond donors (Lipinski definition) is 1. The zero-order valence-corrected chi connectivity index (χ0v) is 15.5. The fraction of sp³-hybridized carbons (Fsp3) is 0.944. The van der Waals surface area contributed by atoms with Crippen molar-refractivity contribution in [1.82, 2.24) is 10.2 Å². The molecule has 1 aliphatic heterocycles. The molecular formula is C18H36N2O2. The summed E-state index contributed by atoms with van der Waals surface area (Å²) >= 11 is 0. The Bertz CT molecular complexity index is 334. The second kappa shape index (κ2) is 8.30. The van der Waals surface area contributed by atoms with Crippen LogP contribution in [0, 0.1) is 11.3 Å². The predicted molar refractivity (Wildman–Crippen MR) is 92.0 cm³/mol. The first-order valence-corrected chi connectivity index (χ1v) is 8.70. The van der Waals surface area contributed by atoms with E-state index in [-0.39, 0.29) is 11.4 Å². The standard InChI is InChI=1S/C18H36N2O2/c1-17(2,3)15-7-11-20(12-8-15)16(21)9-13-22-14-10-19-18(4,5)6/h15,19H,7-14H2,1-6H3. The van der Waals surface area contributed by atoms with E-state index in [2.05, 4.69) is 46.9 Å². The van der Waals surface area contributed by atoms with Gasteiger partial charge in [-0.25, -0.2) is 0 Å². The van der Waals surface area contributed by atoms with E-state index < -0.39 is 0 Å². The Morgan fingerprint density at radius 2 is 1.68 bits per heavy atom. The number of amides is 1. The first kappa shape index (κ1) is 19.4. The molecule has 1 saturated heterocycles. The minimum absolute atomic E-state index is 0.122. The molecule has 1 rings (SSSR count). The lowest BCUT2D eigenvalue weighted by Crippen LogP contribution is -2.41. The summed E-state index contributed by atoms with van der Waals surface area (Å²) in [6, 6.07) is 0. The number of ether oxygens (including phenoxy) is 1. The molecule has 4 heteroatoms. The lowest BCUT2D eigenvalue weighted by atomic mass is 9.75. The van der Waals surface area contributed by atoms with Crippen LogP contribution in [0.2, 0.25) is 0 Å². The summed E-state index contributed by atoms with van der Waals surface area (Å²) in [6.07, 6.45) is 2.77. The second-order valence-electron chi connectivity index (χ2n) is 8.56. The van der Waals surface area contributed by atoms with Crippen LogP contribution in [0.1, 0.15) is 60.8 Å². The molecule has 1 amide bonds. The summed E-state index contributed by atoms with van der Waals surface area (Å²) in [7, 11) is 0. The number of carbonyl (C=O) groups is 1. The van der Waals surface area contributed by atoms with Crippen LogP contribution in [-0.4, -0.2) is 49.2 Å². The highest BCUT2D eigenvalue weighted by molar-refractivity contribution is 5.76. The van der Waals surface area contributed by atoms with Gasteiger partial charge in [0, 0.05) is 25.2 Å². The maximum absolute atomic E-state index is 12.2. The first-order chi connectivity index (χ1) is 10.1. The Morgan fingerprint density at radius 1 is 1.09 bits per heavy atom. The van der Waals surface area contributed by atoms with Gasteiger partial charge in [-0.05, 0) is 44.9 Å². The molecule has 0 radical (unpaired) electrons. The molecule has 0 bridgehead atoms. The van der Waals surface area contributed by atoms with Gasteiger partial charge in [0.15, 0.2) is 0 Å². The molecule has 0 aromatic carbocycles. The smallest absolute Gasteiger partial charge is 0.224 e. The van der Waals surface area contributed by atoms with Crippen molar-refractivity contribution in [3.05, 3.63) is 0 Å². The van der Waals surface area contributed by atoms with Crippen molar-refractivity contribution in [3.8, 4) is 0 Å². The first-order valence-electron chi connectivity index (χ1n) is 8.70. The largest absolute Gasteiger partial charge is 0.380 e. The van der Waals surface area contributed by atoms with E-state index in [0.717, 1.165) is 38.4 Å². The van der Waals surface area contributed by atoms with Gasteiger partial charge in [-0.3, -0.25) is 4.79 Å². The average Bonchev–Trinajstić information content (AvgIpc) is 2.40. The highest BCUT2D eigenvalue weighted by Crippen LogP contribution is 2.34. The molecule has 0 atom stereocenters. The van der Waals surface area contributed by atoms with Gasteiger partial charge in [-0.15, -0.1) is 0 Å². The maximum atomic E-state index is 12.2. The highest BCUT2D eigenvalue weighted by Gasteiger charge is 2.30. The van der Waals surface area contributed by atoms with Crippen molar-refractivity contribution in [3.63, 3.8) is 0 Å². The van der Waals surface area contributed by atoms with Crippen molar-refractivity contribution >= 4 is 5.91 Å². The molecule has 22 heavy (non-hydrogen) atoms. The van der Waals surface area contributed by atoms with Crippen LogP contribution < -0.4 is 5.32 Å². The van der Waals surface area contributed by atoms with E-state index in [1.165, 1.54) is 0 Å². The summed E-state index contributed by atoms with van der Waals surface area (Å²) < 4.78 is 5.56. The molecular weight excluding hydrogens is 276 g/mol. The third kappa shape index (κ3) is 7.59. The van der Waals surface area contributed by atoms with Gasteiger partial charge in [0.05, 0.1) is 19.6 Å². The van der Waals surface area contributed by atoms with Crippen molar-refractivity contribution in [2.24, 2.45) is 11.3 Å². The monoisotopic (exact) mass is 312 g/mol. The fourth-order valence-corrected chi connectivity index (χ4v) is 2.91. The Balaban J connectivity index is 2.12. The lowest BCUT2D eigenvalue weighted by molar-refractivity contribution is -0.134. The van der Waals surface area contributed by atoms with Crippen molar-refractivity contribution in [2.45, 2.75) is 66.3 Å². The summed E-state index contributed by atoms with van der Waals surface area (Å²) in [6.45, 7) is 17.2. The molecule has 130 valence electrons. The topological polar surface area (TPSA) is 41.6 Å². The summed E-state index contributed by atoms with van der Waals surface area (Å²) in [5.41, 5.74) is 0.481. The third-order valence-electron chi connectivity index (χ3n) is 4.43. The van der Waals surface area contributed by atoms with Crippen LogP contribution in [0.5, 0.6) is 0 Å². The summed E-state index contributed by atoms with van der Waals surface area (Å²) in [5.74, 6) is 0.979. The van der Waals surface area contributed by atoms with Crippen molar-refractivity contribution < 1.29 is 9.53 Å². The molecule has 0 spiro atoms. The minimum atomic E-state index is 0.122. The van der Waals surface area contributed by atoms with Crippen LogP contribution in [0.3, 0.4) is 0 Å². The molecule has 0 aromatic heterocycles. The van der Waals surface area contributed by atoms with E-state index in [4.69, 9.17) is 4.74 Å². The van der Waals surface area contributed by atoms with Gasteiger partial charge >= 0.3 is 0 Å². The Morgan fingerprint density at radius 3 is 2.18 bits per heavy atom. The van der Waals surface area contributed by atoms with Crippen LogP contribution in [0.25, 0.3) is 0 Å². The Hall–Kier alpha value is -0.610. The molecule has 1 aliphatic rings. The molecule has 1 N–H and O–H groups in total. The molecule has 4 nitrogen and oxygen atoms in total. The number of piperidine rings is 1. The number of carbonyl (C=O) groups excluding carboxylic acids is 1. The van der Waals surface area contributed by atoms with E-state index in [1.807, 2.05) is 4.90 Å². The number of likely N-dealkylation sites (tertiary alicyclic amines) is 1. The van der Waals surface area contributed by atoms with Crippen molar-refractivity contribution in [1.29, 1.82) is 0 Å². The minimum Gasteiger partial charge on any atom is -0.380 e. The van der Waals surface area contributed by atoms with Gasteiger partial charge < -0.3 is 15.0 Å². The Labute approximate surface area is 137 Å². The summed E-state index contributed by atoms with van der Waals surface area (Å²) in [5, 5.41) is 3.37. The van der Waals surface area contributed by atoms with E-state index in [9.17, 15) is 4.79 Å². The molecule has 0 aliphatic carbocycles. The second-order valence-corrected chi connectivity index (χ2v) is 8.56. The van der Waals surface area contributed by atoms with Crippen LogP contribution in [0.15, 0.2) is 0 Å². The van der Waals surface area contributed by atoms with E-state index in [0.29, 0.717) is 25.0 Å². The van der Waals surface area contributed by atoms with Crippen LogP contribution in [0.4, 0.5) is 0 Å². The normalized spacial score (nSPS) is 17.8. The zero-order valence-electron chi connectivity index (χ0n) is 15.5. The molecule has 0 saturated carbocycles.